The lowest BCUT2D eigenvalue weighted by atomic mass is 9.98. The van der Waals surface area contributed by atoms with Crippen LogP contribution < -0.4 is 5.32 Å². The van der Waals surface area contributed by atoms with Gasteiger partial charge < -0.3 is 10.1 Å². The number of methoxy groups -OCH3 is 1. The highest BCUT2D eigenvalue weighted by Crippen LogP contribution is 2.18. The minimum absolute atomic E-state index is 0.515. The third-order valence-electron chi connectivity index (χ3n) is 4.25. The van der Waals surface area contributed by atoms with Gasteiger partial charge in [0.25, 0.3) is 0 Å². The van der Waals surface area contributed by atoms with Crippen molar-refractivity contribution in [1.82, 2.24) is 10.2 Å². The van der Waals surface area contributed by atoms with E-state index in [4.69, 9.17) is 4.74 Å². The van der Waals surface area contributed by atoms with Crippen molar-refractivity contribution in [1.29, 1.82) is 0 Å². The molecular formula is C14H30N2O. The first-order valence-electron chi connectivity index (χ1n) is 7.08. The quantitative estimate of drug-likeness (QED) is 0.799. The van der Waals surface area contributed by atoms with Crippen LogP contribution in [0.5, 0.6) is 0 Å². The molecule has 0 aromatic heterocycles. The van der Waals surface area contributed by atoms with Crippen LogP contribution in [-0.2, 0) is 4.74 Å². The van der Waals surface area contributed by atoms with Crippen LogP contribution in [0, 0.1) is 5.92 Å². The van der Waals surface area contributed by atoms with Gasteiger partial charge in [0.05, 0.1) is 6.61 Å². The van der Waals surface area contributed by atoms with Gasteiger partial charge in [-0.3, -0.25) is 4.90 Å². The molecule has 0 aromatic rings. The van der Waals surface area contributed by atoms with Crippen LogP contribution in [-0.4, -0.2) is 49.8 Å². The molecule has 0 amide bonds. The molecule has 0 aromatic carbocycles. The molecule has 1 aliphatic heterocycles. The Balaban J connectivity index is 2.64. The fraction of sp³-hybridized carbons (Fsp3) is 1.00. The summed E-state index contributed by atoms with van der Waals surface area (Å²) in [5.41, 5.74) is 0. The lowest BCUT2D eigenvalue weighted by molar-refractivity contribution is 0.0690. The molecule has 3 nitrogen and oxygen atoms in total. The maximum atomic E-state index is 5.31. The molecule has 1 rings (SSSR count). The molecule has 4 unspecified atom stereocenters. The summed E-state index contributed by atoms with van der Waals surface area (Å²) in [7, 11) is 1.80. The zero-order valence-corrected chi connectivity index (χ0v) is 12.2. The average molecular weight is 242 g/mol. The first-order valence-corrected chi connectivity index (χ1v) is 7.08. The average Bonchev–Trinajstić information content (AvgIpc) is 2.50. The lowest BCUT2D eigenvalue weighted by Gasteiger charge is -2.35. The molecule has 0 saturated carbocycles. The predicted molar refractivity (Wildman–Crippen MR) is 73.4 cm³/mol. The molecule has 1 aliphatic rings. The van der Waals surface area contributed by atoms with E-state index >= 15 is 0 Å². The standard InChI is InChI=1S/C14H30N2O/c1-6-11(2)14-9-16(13(4)10-17-5)12(3)7-8-15-14/h11-15H,6-10H2,1-5H3. The van der Waals surface area contributed by atoms with Crippen LogP contribution in [0.25, 0.3) is 0 Å². The van der Waals surface area contributed by atoms with E-state index in [9.17, 15) is 0 Å². The van der Waals surface area contributed by atoms with E-state index < -0.39 is 0 Å². The molecule has 3 heteroatoms. The molecule has 1 fully saturated rings. The second kappa shape index (κ2) is 7.34. The highest BCUT2D eigenvalue weighted by atomic mass is 16.5. The second-order valence-corrected chi connectivity index (χ2v) is 5.59. The van der Waals surface area contributed by atoms with E-state index in [1.165, 1.54) is 12.8 Å². The fourth-order valence-corrected chi connectivity index (χ4v) is 2.73. The van der Waals surface area contributed by atoms with Crippen LogP contribution in [0.15, 0.2) is 0 Å². The topological polar surface area (TPSA) is 24.5 Å². The Morgan fingerprint density at radius 2 is 2.12 bits per heavy atom. The van der Waals surface area contributed by atoms with Gasteiger partial charge >= 0.3 is 0 Å². The van der Waals surface area contributed by atoms with Crippen LogP contribution in [0.4, 0.5) is 0 Å². The molecule has 17 heavy (non-hydrogen) atoms. The van der Waals surface area contributed by atoms with Crippen molar-refractivity contribution in [2.45, 2.75) is 58.7 Å². The molecule has 4 atom stereocenters. The van der Waals surface area contributed by atoms with Crippen molar-refractivity contribution < 1.29 is 4.74 Å². The van der Waals surface area contributed by atoms with Gasteiger partial charge in [0, 0.05) is 31.8 Å². The number of hydrogen-bond donors (Lipinski definition) is 1. The monoisotopic (exact) mass is 242 g/mol. The maximum Gasteiger partial charge on any atom is 0.0615 e. The first-order chi connectivity index (χ1) is 8.10. The summed E-state index contributed by atoms with van der Waals surface area (Å²) in [4.78, 5) is 2.61. The Labute approximate surface area is 107 Å². The normalized spacial score (nSPS) is 30.9. The van der Waals surface area contributed by atoms with Gasteiger partial charge in [-0.2, -0.15) is 0 Å². The summed E-state index contributed by atoms with van der Waals surface area (Å²) >= 11 is 0. The van der Waals surface area contributed by atoms with Crippen molar-refractivity contribution in [3.8, 4) is 0 Å². The lowest BCUT2D eigenvalue weighted by Crippen LogP contribution is -2.48. The van der Waals surface area contributed by atoms with Crippen LogP contribution in [0.3, 0.4) is 0 Å². The minimum Gasteiger partial charge on any atom is -0.383 e. The van der Waals surface area contributed by atoms with Crippen molar-refractivity contribution in [3.05, 3.63) is 0 Å². The Bertz CT molecular complexity index is 210. The summed E-state index contributed by atoms with van der Waals surface area (Å²) in [5.74, 6) is 0.748. The second-order valence-electron chi connectivity index (χ2n) is 5.59. The number of ether oxygens (including phenoxy) is 1. The minimum atomic E-state index is 0.515. The van der Waals surface area contributed by atoms with Gasteiger partial charge in [0.2, 0.25) is 0 Å². The third-order valence-corrected chi connectivity index (χ3v) is 4.25. The Kier molecular flexibility index (Phi) is 6.45. The highest BCUT2D eigenvalue weighted by Gasteiger charge is 2.28. The van der Waals surface area contributed by atoms with E-state index in [-0.39, 0.29) is 0 Å². The molecule has 0 radical (unpaired) electrons. The van der Waals surface area contributed by atoms with Gasteiger partial charge in [-0.05, 0) is 32.7 Å². The molecule has 0 spiro atoms. The smallest absolute Gasteiger partial charge is 0.0615 e. The van der Waals surface area contributed by atoms with Crippen molar-refractivity contribution in [2.24, 2.45) is 5.92 Å². The Hall–Kier alpha value is -0.120. The van der Waals surface area contributed by atoms with Gasteiger partial charge in [-0.15, -0.1) is 0 Å². The van der Waals surface area contributed by atoms with Gasteiger partial charge in [-0.1, -0.05) is 20.3 Å². The zero-order valence-electron chi connectivity index (χ0n) is 12.2. The van der Waals surface area contributed by atoms with Crippen LogP contribution in [0.1, 0.15) is 40.5 Å². The summed E-state index contributed by atoms with van der Waals surface area (Å²) in [6, 6.07) is 1.80. The van der Waals surface area contributed by atoms with Crippen LogP contribution >= 0.6 is 0 Å². The van der Waals surface area contributed by atoms with E-state index in [2.05, 4.69) is 37.9 Å². The van der Waals surface area contributed by atoms with Crippen molar-refractivity contribution >= 4 is 0 Å². The van der Waals surface area contributed by atoms with E-state index in [1.807, 2.05) is 0 Å². The summed E-state index contributed by atoms with van der Waals surface area (Å²) in [6.45, 7) is 12.4. The van der Waals surface area contributed by atoms with E-state index in [0.29, 0.717) is 18.1 Å². The molecule has 0 aliphatic carbocycles. The Morgan fingerprint density at radius 1 is 1.41 bits per heavy atom. The number of nitrogens with one attached hydrogen (secondary N) is 1. The molecule has 0 bridgehead atoms. The van der Waals surface area contributed by atoms with Gasteiger partial charge in [0.1, 0.15) is 0 Å². The zero-order chi connectivity index (χ0) is 12.8. The van der Waals surface area contributed by atoms with Gasteiger partial charge in [0.15, 0.2) is 0 Å². The fourth-order valence-electron chi connectivity index (χ4n) is 2.73. The van der Waals surface area contributed by atoms with E-state index in [0.717, 1.165) is 25.6 Å². The molecular weight excluding hydrogens is 212 g/mol. The Morgan fingerprint density at radius 3 is 2.71 bits per heavy atom. The predicted octanol–water partition coefficient (Wildman–Crippen LogP) is 2.12. The molecule has 1 N–H and O–H groups in total. The third kappa shape index (κ3) is 4.23. The molecule has 102 valence electrons. The van der Waals surface area contributed by atoms with Crippen molar-refractivity contribution in [3.63, 3.8) is 0 Å². The molecule has 1 heterocycles. The summed E-state index contributed by atoms with van der Waals surface area (Å²) in [5, 5.41) is 3.71. The van der Waals surface area contributed by atoms with Crippen LogP contribution in [0.2, 0.25) is 0 Å². The number of hydrogen-bond acceptors (Lipinski definition) is 3. The van der Waals surface area contributed by atoms with E-state index in [1.54, 1.807) is 7.11 Å². The van der Waals surface area contributed by atoms with Crippen molar-refractivity contribution in [2.75, 3.05) is 26.8 Å². The maximum absolute atomic E-state index is 5.31. The highest BCUT2D eigenvalue weighted by molar-refractivity contribution is 4.86. The van der Waals surface area contributed by atoms with Gasteiger partial charge in [-0.25, -0.2) is 0 Å². The first kappa shape index (κ1) is 14.9. The summed E-state index contributed by atoms with van der Waals surface area (Å²) < 4.78 is 5.31. The number of rotatable bonds is 5. The largest absolute Gasteiger partial charge is 0.383 e. The SMILES string of the molecule is CCC(C)C1CN(C(C)COC)C(C)CCN1. The molecule has 1 saturated heterocycles. The summed E-state index contributed by atoms with van der Waals surface area (Å²) in [6.07, 6.45) is 2.49. The number of nitrogens with zero attached hydrogens (tertiary/aromatic N) is 1.